The van der Waals surface area contributed by atoms with Crippen molar-refractivity contribution in [3.05, 3.63) is 53.5 Å². The summed E-state index contributed by atoms with van der Waals surface area (Å²) in [4.78, 5) is 18.3. The van der Waals surface area contributed by atoms with Crippen LogP contribution in [-0.4, -0.2) is 63.0 Å². The molecule has 8 nitrogen and oxygen atoms in total. The number of aryl methyl sites for hydroxylation is 2. The molecule has 2 aromatic heterocycles. The number of carboxylic acids is 1. The maximum Gasteiger partial charge on any atom is 0.303 e. The van der Waals surface area contributed by atoms with Crippen LogP contribution in [0.1, 0.15) is 67.9 Å². The molecule has 1 fully saturated rings. The molecule has 1 aromatic carbocycles. The van der Waals surface area contributed by atoms with Crippen LogP contribution in [0.3, 0.4) is 0 Å². The predicted octanol–water partition coefficient (Wildman–Crippen LogP) is 4.91. The van der Waals surface area contributed by atoms with Crippen molar-refractivity contribution in [1.82, 2.24) is 20.1 Å². The molecule has 1 aliphatic heterocycles. The zero-order valence-corrected chi connectivity index (χ0v) is 22.0. The first kappa shape index (κ1) is 27.1. The van der Waals surface area contributed by atoms with E-state index in [0.717, 1.165) is 79.6 Å². The van der Waals surface area contributed by atoms with Gasteiger partial charge in [-0.2, -0.15) is 5.10 Å². The van der Waals surface area contributed by atoms with Crippen LogP contribution in [0.5, 0.6) is 5.75 Å². The molecule has 3 atom stereocenters. The topological polar surface area (TPSA) is 112 Å². The Balaban J connectivity index is 1.32. The third kappa shape index (κ3) is 7.29. The Bertz CT molecular complexity index is 1160. The summed E-state index contributed by atoms with van der Waals surface area (Å²) < 4.78 is 5.38. The molecule has 3 N–H and O–H groups in total. The second-order valence-electron chi connectivity index (χ2n) is 10.4. The van der Waals surface area contributed by atoms with Gasteiger partial charge < -0.3 is 19.8 Å². The number of unbranched alkanes of at least 4 members (excludes halogenated alkanes) is 1. The molecule has 8 heteroatoms. The summed E-state index contributed by atoms with van der Waals surface area (Å²) in [6, 6.07) is 7.62. The minimum atomic E-state index is -0.733. The standard InChI is InChI=1S/C29H40N4O4/c1-20-22(18-31-32-20)5-3-4-15-33-16-13-21(23(19-33)7-11-29(35)36)6-10-28(34)25-12-14-30-27-9-8-24(37-2)17-26(25)27/h8-9,12,14,17-18,21,23,28,34H,3-7,10-11,13,15-16,19H2,1-2H3,(H,31,32)(H,35,36)/t21-,23-,28-/m1/s1. The first-order chi connectivity index (χ1) is 17.9. The van der Waals surface area contributed by atoms with E-state index in [-0.39, 0.29) is 6.42 Å². The van der Waals surface area contributed by atoms with E-state index in [1.54, 1.807) is 13.3 Å². The van der Waals surface area contributed by atoms with Crippen molar-refractivity contribution in [3.8, 4) is 5.75 Å². The highest BCUT2D eigenvalue weighted by Crippen LogP contribution is 2.35. The highest BCUT2D eigenvalue weighted by molar-refractivity contribution is 5.83. The molecule has 0 bridgehead atoms. The first-order valence-corrected chi connectivity index (χ1v) is 13.5. The summed E-state index contributed by atoms with van der Waals surface area (Å²) in [5.74, 6) is 0.766. The molecule has 0 radical (unpaired) electrons. The van der Waals surface area contributed by atoms with E-state index in [1.807, 2.05) is 37.4 Å². The number of nitrogens with zero attached hydrogens (tertiary/aromatic N) is 3. The minimum Gasteiger partial charge on any atom is -0.497 e. The Labute approximate surface area is 219 Å². The lowest BCUT2D eigenvalue weighted by Crippen LogP contribution is -2.41. The number of aliphatic hydroxyl groups excluding tert-OH is 1. The predicted molar refractivity (Wildman–Crippen MR) is 144 cm³/mol. The van der Waals surface area contributed by atoms with E-state index in [2.05, 4.69) is 20.1 Å². The van der Waals surface area contributed by atoms with Crippen molar-refractivity contribution in [2.45, 2.75) is 64.4 Å². The normalized spacial score (nSPS) is 19.2. The molecule has 0 unspecified atom stereocenters. The summed E-state index contributed by atoms with van der Waals surface area (Å²) in [5.41, 5.74) is 4.08. The number of hydrogen-bond donors (Lipinski definition) is 3. The Morgan fingerprint density at radius 2 is 2.11 bits per heavy atom. The lowest BCUT2D eigenvalue weighted by Gasteiger charge is -2.39. The van der Waals surface area contributed by atoms with Crippen LogP contribution < -0.4 is 4.74 Å². The van der Waals surface area contributed by atoms with Crippen molar-refractivity contribution in [1.29, 1.82) is 0 Å². The number of aliphatic carboxylic acids is 1. The van der Waals surface area contributed by atoms with Gasteiger partial charge in [0.2, 0.25) is 0 Å². The van der Waals surface area contributed by atoms with Crippen LogP contribution in [0.25, 0.3) is 10.9 Å². The number of benzene rings is 1. The molecule has 3 heterocycles. The Kier molecular flexibility index (Phi) is 9.52. The number of likely N-dealkylation sites (tertiary alicyclic amines) is 1. The number of carboxylic acid groups (broad SMARTS) is 1. The van der Waals surface area contributed by atoms with Gasteiger partial charge in [0.15, 0.2) is 0 Å². The van der Waals surface area contributed by atoms with Crippen LogP contribution in [0.4, 0.5) is 0 Å². The molecule has 1 aliphatic rings. The number of ether oxygens (including phenoxy) is 1. The van der Waals surface area contributed by atoms with Gasteiger partial charge >= 0.3 is 5.97 Å². The molecule has 1 saturated heterocycles. The summed E-state index contributed by atoms with van der Waals surface area (Å²) in [6.45, 7) is 5.05. The summed E-state index contributed by atoms with van der Waals surface area (Å²) in [7, 11) is 1.64. The van der Waals surface area contributed by atoms with Crippen molar-refractivity contribution < 1.29 is 19.7 Å². The first-order valence-electron chi connectivity index (χ1n) is 13.5. The van der Waals surface area contributed by atoms with Crippen molar-refractivity contribution in [2.75, 3.05) is 26.7 Å². The van der Waals surface area contributed by atoms with E-state index in [9.17, 15) is 15.0 Å². The maximum absolute atomic E-state index is 11.3. The average molecular weight is 509 g/mol. The molecular formula is C29H40N4O4. The Morgan fingerprint density at radius 1 is 1.24 bits per heavy atom. The zero-order chi connectivity index (χ0) is 26.2. The number of rotatable bonds is 13. The van der Waals surface area contributed by atoms with E-state index in [1.165, 1.54) is 5.56 Å². The molecule has 4 rings (SSSR count). The van der Waals surface area contributed by atoms with Crippen LogP contribution in [0.15, 0.2) is 36.7 Å². The molecule has 3 aromatic rings. The molecule has 200 valence electrons. The third-order valence-corrected chi connectivity index (χ3v) is 7.96. The van der Waals surface area contributed by atoms with Gasteiger partial charge in [-0.3, -0.25) is 14.9 Å². The fourth-order valence-electron chi connectivity index (χ4n) is 5.75. The Hall–Kier alpha value is -2.97. The van der Waals surface area contributed by atoms with Gasteiger partial charge in [0, 0.05) is 30.7 Å². The average Bonchev–Trinajstić information content (AvgIpc) is 3.32. The van der Waals surface area contributed by atoms with E-state index < -0.39 is 12.1 Å². The lowest BCUT2D eigenvalue weighted by atomic mass is 9.79. The molecule has 0 amide bonds. The maximum atomic E-state index is 11.3. The van der Waals surface area contributed by atoms with Gasteiger partial charge in [-0.1, -0.05) is 0 Å². The molecule has 0 aliphatic carbocycles. The summed E-state index contributed by atoms with van der Waals surface area (Å²) in [5, 5.41) is 28.5. The highest BCUT2D eigenvalue weighted by atomic mass is 16.5. The zero-order valence-electron chi connectivity index (χ0n) is 22.0. The Morgan fingerprint density at radius 3 is 2.86 bits per heavy atom. The van der Waals surface area contributed by atoms with Crippen molar-refractivity contribution >= 4 is 16.9 Å². The van der Waals surface area contributed by atoms with Gasteiger partial charge in [0.05, 0.1) is 24.4 Å². The molecule has 37 heavy (non-hydrogen) atoms. The number of nitrogens with one attached hydrogen (secondary N) is 1. The number of aromatic nitrogens is 3. The fraction of sp³-hybridized carbons (Fsp3) is 0.552. The summed E-state index contributed by atoms with van der Waals surface area (Å²) in [6.07, 6.45) is 9.89. The fourth-order valence-corrected chi connectivity index (χ4v) is 5.75. The number of carbonyl (C=O) groups is 1. The number of H-pyrrole nitrogens is 1. The summed E-state index contributed by atoms with van der Waals surface area (Å²) >= 11 is 0. The molecular weight excluding hydrogens is 468 g/mol. The second-order valence-corrected chi connectivity index (χ2v) is 10.4. The quantitative estimate of drug-likeness (QED) is 0.281. The number of aliphatic hydroxyl groups is 1. The number of methoxy groups -OCH3 is 1. The minimum absolute atomic E-state index is 0.201. The lowest BCUT2D eigenvalue weighted by molar-refractivity contribution is -0.137. The number of piperidine rings is 1. The van der Waals surface area contributed by atoms with Gasteiger partial charge in [-0.15, -0.1) is 0 Å². The smallest absolute Gasteiger partial charge is 0.303 e. The largest absolute Gasteiger partial charge is 0.497 e. The number of hydrogen-bond acceptors (Lipinski definition) is 6. The second kappa shape index (κ2) is 13.0. The number of aromatic amines is 1. The van der Waals surface area contributed by atoms with Gasteiger partial charge in [-0.05, 0) is 112 Å². The van der Waals surface area contributed by atoms with Crippen LogP contribution in [-0.2, 0) is 11.2 Å². The van der Waals surface area contributed by atoms with Crippen LogP contribution in [0.2, 0.25) is 0 Å². The van der Waals surface area contributed by atoms with Crippen molar-refractivity contribution in [3.63, 3.8) is 0 Å². The third-order valence-electron chi connectivity index (χ3n) is 7.96. The number of fused-ring (bicyclic) bond motifs is 1. The highest BCUT2D eigenvalue weighted by Gasteiger charge is 2.30. The van der Waals surface area contributed by atoms with E-state index in [4.69, 9.17) is 4.74 Å². The van der Waals surface area contributed by atoms with Crippen LogP contribution >= 0.6 is 0 Å². The van der Waals surface area contributed by atoms with E-state index >= 15 is 0 Å². The van der Waals surface area contributed by atoms with Gasteiger partial charge in [0.25, 0.3) is 0 Å². The van der Waals surface area contributed by atoms with Gasteiger partial charge in [-0.25, -0.2) is 0 Å². The van der Waals surface area contributed by atoms with Gasteiger partial charge in [0.1, 0.15) is 5.75 Å². The molecule has 0 saturated carbocycles. The SMILES string of the molecule is COc1ccc2nccc([C@H](O)CC[C@@H]3CCN(CCCCc4c[nH]nc4C)C[C@H]3CCC(=O)O)c2c1. The van der Waals surface area contributed by atoms with Crippen LogP contribution in [0, 0.1) is 18.8 Å². The number of pyridine rings is 1. The monoisotopic (exact) mass is 508 g/mol. The molecule has 0 spiro atoms. The van der Waals surface area contributed by atoms with Crippen molar-refractivity contribution in [2.24, 2.45) is 11.8 Å². The van der Waals surface area contributed by atoms with E-state index in [0.29, 0.717) is 24.7 Å².